The lowest BCUT2D eigenvalue weighted by molar-refractivity contribution is 0.200. The third-order valence-corrected chi connectivity index (χ3v) is 6.28. The van der Waals surface area contributed by atoms with Gasteiger partial charge in [0.15, 0.2) is 11.5 Å². The van der Waals surface area contributed by atoms with Crippen molar-refractivity contribution < 1.29 is 27.8 Å². The lowest BCUT2D eigenvalue weighted by Gasteiger charge is -2.19. The van der Waals surface area contributed by atoms with Crippen molar-refractivity contribution in [3.63, 3.8) is 0 Å². The number of hydrogen-bond donors (Lipinski definition) is 2. The third kappa shape index (κ3) is 4.09. The first kappa shape index (κ1) is 20.1. The van der Waals surface area contributed by atoms with E-state index < -0.39 is 16.3 Å². The maximum Gasteiger partial charge on any atom is 0.419 e. The number of carboxylic acid groups (broad SMARTS) is 1. The molecule has 1 unspecified atom stereocenters. The van der Waals surface area contributed by atoms with Crippen LogP contribution >= 0.6 is 0 Å². The molecule has 1 aromatic carbocycles. The lowest BCUT2D eigenvalue weighted by atomic mass is 9.93. The largest absolute Gasteiger partial charge is 0.493 e. The first-order valence-electron chi connectivity index (χ1n) is 8.73. The van der Waals surface area contributed by atoms with Crippen LogP contribution in [-0.2, 0) is 10.2 Å². The van der Waals surface area contributed by atoms with Crippen molar-refractivity contribution in [3.05, 3.63) is 24.2 Å². The molecule has 2 N–H and O–H groups in total. The van der Waals surface area contributed by atoms with Crippen molar-refractivity contribution in [1.82, 2.24) is 19.0 Å². The van der Waals surface area contributed by atoms with Crippen molar-refractivity contribution in [2.45, 2.75) is 25.2 Å². The number of amides is 1. The van der Waals surface area contributed by atoms with Crippen LogP contribution in [0.15, 0.2) is 18.5 Å². The van der Waals surface area contributed by atoms with Gasteiger partial charge in [0.25, 0.3) is 0 Å². The quantitative estimate of drug-likeness (QED) is 0.762. The fraction of sp³-hybridized carbons (Fsp3) is 0.471. The van der Waals surface area contributed by atoms with E-state index in [1.807, 2.05) is 6.07 Å². The van der Waals surface area contributed by atoms with Crippen molar-refractivity contribution >= 4 is 27.2 Å². The molecule has 2 heterocycles. The maximum absolute atomic E-state index is 12.1. The molecule has 28 heavy (non-hydrogen) atoms. The van der Waals surface area contributed by atoms with Gasteiger partial charge in [-0.25, -0.2) is 19.5 Å². The van der Waals surface area contributed by atoms with Gasteiger partial charge in [0.2, 0.25) is 0 Å². The summed E-state index contributed by atoms with van der Waals surface area (Å²) >= 11 is 0. The van der Waals surface area contributed by atoms with E-state index in [9.17, 15) is 13.2 Å². The summed E-state index contributed by atoms with van der Waals surface area (Å²) in [6, 6.07) is 3.61. The van der Waals surface area contributed by atoms with Gasteiger partial charge in [-0.2, -0.15) is 12.7 Å². The molecule has 1 aliphatic rings. The zero-order valence-corrected chi connectivity index (χ0v) is 16.4. The van der Waals surface area contributed by atoms with E-state index in [1.54, 1.807) is 25.0 Å². The van der Waals surface area contributed by atoms with Crippen LogP contribution in [0.2, 0.25) is 0 Å². The SMILES string of the molecule is COc1cc2ncnc(C3CCCN(S(=O)(=O)NC(=O)O)CC3)c2cc1OC. The molecule has 11 heteroatoms. The van der Waals surface area contributed by atoms with E-state index in [1.165, 1.54) is 6.33 Å². The standard InChI is InChI=1S/C17H22N4O6S/c1-26-14-8-12-13(9-15(14)27-2)18-10-19-16(12)11-4-3-6-21(7-5-11)28(24,25)20-17(22)23/h8-11,20H,3-7H2,1-2H3,(H,22,23). The van der Waals surface area contributed by atoms with Crippen molar-refractivity contribution in [2.24, 2.45) is 0 Å². The summed E-state index contributed by atoms with van der Waals surface area (Å²) in [6.45, 7) is 0.450. The summed E-state index contributed by atoms with van der Waals surface area (Å²) in [7, 11) is -0.954. The van der Waals surface area contributed by atoms with Gasteiger partial charge < -0.3 is 14.6 Å². The number of rotatable bonds is 5. The third-order valence-electron chi connectivity index (χ3n) is 4.80. The molecule has 10 nitrogen and oxygen atoms in total. The van der Waals surface area contributed by atoms with Crippen molar-refractivity contribution in [2.75, 3.05) is 27.3 Å². The normalized spacial score (nSPS) is 18.4. The molecule has 2 aromatic rings. The number of hydrogen-bond acceptors (Lipinski definition) is 7. The van der Waals surface area contributed by atoms with E-state index in [0.717, 1.165) is 21.8 Å². The average molecular weight is 410 g/mol. The Morgan fingerprint density at radius 1 is 1.18 bits per heavy atom. The Bertz CT molecular complexity index is 981. The summed E-state index contributed by atoms with van der Waals surface area (Å²) < 4.78 is 37.7. The van der Waals surface area contributed by atoms with Crippen LogP contribution in [0.1, 0.15) is 30.9 Å². The van der Waals surface area contributed by atoms with Gasteiger partial charge in [-0.15, -0.1) is 0 Å². The second-order valence-electron chi connectivity index (χ2n) is 6.42. The van der Waals surface area contributed by atoms with Gasteiger partial charge in [0.1, 0.15) is 6.33 Å². The fourth-order valence-electron chi connectivity index (χ4n) is 3.49. The minimum absolute atomic E-state index is 0.00799. The minimum atomic E-state index is -4.06. The summed E-state index contributed by atoms with van der Waals surface area (Å²) in [6.07, 6.45) is 1.71. The molecule has 0 saturated carbocycles. The highest BCUT2D eigenvalue weighted by Gasteiger charge is 2.29. The Hall–Kier alpha value is -2.66. The maximum atomic E-state index is 12.1. The average Bonchev–Trinajstić information content (AvgIpc) is 2.92. The molecule has 152 valence electrons. The predicted molar refractivity (Wildman–Crippen MR) is 101 cm³/mol. The van der Waals surface area contributed by atoms with E-state index in [0.29, 0.717) is 29.9 Å². The second-order valence-corrected chi connectivity index (χ2v) is 8.09. The molecule has 0 aliphatic carbocycles. The lowest BCUT2D eigenvalue weighted by Crippen LogP contribution is -2.43. The molecule has 1 amide bonds. The van der Waals surface area contributed by atoms with Gasteiger partial charge in [-0.1, -0.05) is 0 Å². The summed E-state index contributed by atoms with van der Waals surface area (Å²) in [5.74, 6) is 1.14. The summed E-state index contributed by atoms with van der Waals surface area (Å²) in [5, 5.41) is 9.56. The molecule has 1 saturated heterocycles. The van der Waals surface area contributed by atoms with E-state index >= 15 is 0 Å². The topological polar surface area (TPSA) is 131 Å². The van der Waals surface area contributed by atoms with E-state index in [-0.39, 0.29) is 19.0 Å². The van der Waals surface area contributed by atoms with Crippen LogP contribution < -0.4 is 14.2 Å². The van der Waals surface area contributed by atoms with Gasteiger partial charge in [0.05, 0.1) is 25.4 Å². The number of fused-ring (bicyclic) bond motifs is 1. The van der Waals surface area contributed by atoms with Gasteiger partial charge in [-0.05, 0) is 25.3 Å². The van der Waals surface area contributed by atoms with Crippen LogP contribution in [0.4, 0.5) is 4.79 Å². The molecule has 1 atom stereocenters. The van der Waals surface area contributed by atoms with Crippen LogP contribution in [-0.4, -0.2) is 61.2 Å². The second kappa shape index (κ2) is 8.15. The summed E-state index contributed by atoms with van der Waals surface area (Å²) in [4.78, 5) is 19.5. The van der Waals surface area contributed by atoms with E-state index in [2.05, 4.69) is 9.97 Å². The Balaban J connectivity index is 1.90. The van der Waals surface area contributed by atoms with Crippen LogP contribution in [0, 0.1) is 0 Å². The highest BCUT2D eigenvalue weighted by atomic mass is 32.2. The number of nitrogens with one attached hydrogen (secondary N) is 1. The molecule has 1 aliphatic heterocycles. The van der Waals surface area contributed by atoms with Crippen molar-refractivity contribution in [3.8, 4) is 11.5 Å². The molecule has 0 bridgehead atoms. The molecule has 1 aromatic heterocycles. The fourth-order valence-corrected chi connectivity index (χ4v) is 4.55. The Morgan fingerprint density at radius 3 is 2.57 bits per heavy atom. The van der Waals surface area contributed by atoms with Crippen LogP contribution in [0.25, 0.3) is 10.9 Å². The molecule has 1 fully saturated rings. The summed E-state index contributed by atoms with van der Waals surface area (Å²) in [5.41, 5.74) is 1.53. The Morgan fingerprint density at radius 2 is 1.89 bits per heavy atom. The minimum Gasteiger partial charge on any atom is -0.493 e. The van der Waals surface area contributed by atoms with Crippen LogP contribution in [0.3, 0.4) is 0 Å². The number of aromatic nitrogens is 2. The molecular formula is C17H22N4O6S. The Kier molecular flexibility index (Phi) is 5.84. The zero-order chi connectivity index (χ0) is 20.3. The highest BCUT2D eigenvalue weighted by Crippen LogP contribution is 2.36. The molecule has 0 spiro atoms. The molecular weight excluding hydrogens is 388 g/mol. The van der Waals surface area contributed by atoms with Crippen LogP contribution in [0.5, 0.6) is 11.5 Å². The van der Waals surface area contributed by atoms with Gasteiger partial charge >= 0.3 is 16.3 Å². The van der Waals surface area contributed by atoms with Gasteiger partial charge in [0, 0.05) is 30.5 Å². The zero-order valence-electron chi connectivity index (χ0n) is 15.6. The smallest absolute Gasteiger partial charge is 0.419 e. The monoisotopic (exact) mass is 410 g/mol. The van der Waals surface area contributed by atoms with E-state index in [4.69, 9.17) is 14.6 Å². The predicted octanol–water partition coefficient (Wildman–Crippen LogP) is 1.73. The molecule has 0 radical (unpaired) electrons. The number of methoxy groups -OCH3 is 2. The van der Waals surface area contributed by atoms with Crippen molar-refractivity contribution in [1.29, 1.82) is 0 Å². The first-order chi connectivity index (χ1) is 13.4. The number of nitrogens with zero attached hydrogens (tertiary/aromatic N) is 3. The highest BCUT2D eigenvalue weighted by molar-refractivity contribution is 7.87. The first-order valence-corrected chi connectivity index (χ1v) is 10.2. The number of ether oxygens (including phenoxy) is 2. The Labute approximate surface area is 162 Å². The number of carbonyl (C=O) groups is 1. The number of benzene rings is 1. The van der Waals surface area contributed by atoms with Gasteiger partial charge in [-0.3, -0.25) is 0 Å². The molecule has 3 rings (SSSR count).